The van der Waals surface area contributed by atoms with Crippen LogP contribution in [0.3, 0.4) is 0 Å². The van der Waals surface area contributed by atoms with Gasteiger partial charge in [0.1, 0.15) is 28.7 Å². The number of nitrogens with one attached hydrogen (secondary N) is 1. The van der Waals surface area contributed by atoms with Gasteiger partial charge in [0.2, 0.25) is 0 Å². The minimum Gasteiger partial charge on any atom is -0.423 e. The maximum atomic E-state index is 14.0. The smallest absolute Gasteiger partial charge is 0.423 e. The molecule has 116 heavy (non-hydrogen) atoms. The molecule has 0 radical (unpaired) electrons. The summed E-state index contributed by atoms with van der Waals surface area (Å²) in [6, 6.07) is 29.4. The summed E-state index contributed by atoms with van der Waals surface area (Å²) >= 11 is 15.9. The molecule has 0 amide bonds. The Hall–Kier alpha value is -6.96. The average Bonchev–Trinajstić information content (AvgIpc) is 1.58. The first-order chi connectivity index (χ1) is 55.9. The summed E-state index contributed by atoms with van der Waals surface area (Å²) in [5, 5.41) is 33.1. The monoisotopic (exact) mass is 2310 g/mol. The number of alkyl halides is 3. The van der Waals surface area contributed by atoms with E-state index in [9.17, 15) is 18.4 Å². The van der Waals surface area contributed by atoms with Gasteiger partial charge in [0.05, 0.1) is 51.0 Å². The molecule has 14 aromatic rings. The standard InChI is InChI=1S/C28H22FN7O.C17H16N4O2.C12H12BrN3O2.C11H10FN3.C5H6BNO2.C4H8I2.C4H9I.I3/c29-20-7-3-5-17(11-20)22-15-31-16-23-25(22)34-27(33-23)26-21-12-19(18-6-4-9-30-13-18)14-32-28(21)36(35-26)24-8-1-2-10-37-24;22-11-15-14-8-13(12-4-3-6-18-9-12)10-19-17(14)21(20-15)16-5-1-2-7-23-16;13-8-5-9-10(7-17)15-16(12(9)14-6-8)11-3-1-2-4-18-11;12-8-3-1-2-7(4-8)9-5-15-6-10(13)11(9)14;8-6(9)5-2-1-3-7-4-5;1-4(2,6)3-5;1-4(2,3)5;1-3-2/h3-7,9,11-16,24H,1-2,8,10H2,(H,33,34);3-4,6,8-11,16H,1-2,5,7H2;5-7,11H,1-4H2;1-6H,13H2,(H2,14,15);1-4,8-9H;3H2,1-2H3;1-3H3;/q;;;;;;;-1. The van der Waals surface area contributed by atoms with Gasteiger partial charge in [0, 0.05) is 143 Å². The Morgan fingerprint density at radius 2 is 1.00 bits per heavy atom. The number of nitrogen functional groups attached to an aromatic ring is 2. The number of carbonyl (C=O) groups is 2. The number of fused-ring (bicyclic) bond motifs is 4. The molecule has 0 bridgehead atoms. The number of ether oxygens (including phenoxy) is 3. The van der Waals surface area contributed by atoms with Crippen molar-refractivity contribution in [1.82, 2.24) is 79.2 Å². The molecule has 15 heterocycles. The predicted octanol–water partition coefficient (Wildman–Crippen LogP) is 16.1. The number of nitrogens with zero attached hydrogens (tertiary/aromatic N) is 15. The van der Waals surface area contributed by atoms with Crippen molar-refractivity contribution < 1.29 is 55.9 Å². The fraction of sp³-hybridized carbons (Fsp3) is 0.284. The molecule has 12 aromatic heterocycles. The van der Waals surface area contributed by atoms with Crippen LogP contribution in [-0.2, 0) is 14.2 Å². The van der Waals surface area contributed by atoms with Crippen molar-refractivity contribution in [2.45, 2.75) is 118 Å². The summed E-state index contributed by atoms with van der Waals surface area (Å²) in [6.45, 7) is 13.1. The zero-order chi connectivity index (χ0) is 82.9. The van der Waals surface area contributed by atoms with Crippen LogP contribution in [0.25, 0.3) is 100 Å². The van der Waals surface area contributed by atoms with Crippen LogP contribution in [0.1, 0.15) is 132 Å². The van der Waals surface area contributed by atoms with Crippen LogP contribution in [0.2, 0.25) is 0 Å². The van der Waals surface area contributed by atoms with Crippen molar-refractivity contribution in [3.63, 3.8) is 0 Å². The number of nitrogens with two attached hydrogens (primary N) is 2. The Labute approximate surface area is 749 Å². The van der Waals surface area contributed by atoms with Crippen molar-refractivity contribution in [3.05, 3.63) is 211 Å². The quantitative estimate of drug-likeness (QED) is 0.0328. The number of rotatable bonds is 12. The normalized spacial score (nSPS) is 15.2. The second kappa shape index (κ2) is 44.9. The number of aromatic nitrogens is 16. The number of aromatic amines is 1. The van der Waals surface area contributed by atoms with Gasteiger partial charge < -0.3 is 40.7 Å². The van der Waals surface area contributed by atoms with E-state index >= 15 is 0 Å². The van der Waals surface area contributed by atoms with Crippen LogP contribution in [-0.4, -0.2) is 140 Å². The van der Waals surface area contributed by atoms with E-state index in [0.717, 1.165) is 143 Å². The van der Waals surface area contributed by atoms with E-state index in [1.54, 1.807) is 95.5 Å². The first-order valence-corrected chi connectivity index (χ1v) is 53.7. The van der Waals surface area contributed by atoms with Crippen molar-refractivity contribution in [2.75, 3.05) is 35.7 Å². The third kappa shape index (κ3) is 26.0. The maximum Gasteiger partial charge on any atom is 0.490 e. The number of halogens is 9. The molecule has 2 aromatic carbocycles. The van der Waals surface area contributed by atoms with Crippen LogP contribution in [0.5, 0.6) is 0 Å². The molecule has 0 spiro atoms. The second-order valence-corrected chi connectivity index (χ2v) is 51.9. The van der Waals surface area contributed by atoms with Crippen LogP contribution in [0.15, 0.2) is 188 Å². The summed E-state index contributed by atoms with van der Waals surface area (Å²) in [7, 11) is -1.40. The van der Waals surface area contributed by atoms with Gasteiger partial charge in [0.25, 0.3) is 0 Å². The molecule has 17 rings (SSSR count). The number of pyridine rings is 8. The van der Waals surface area contributed by atoms with Gasteiger partial charge in [-0.2, -0.15) is 15.3 Å². The number of aldehydes is 2. The van der Waals surface area contributed by atoms with Crippen LogP contribution in [0.4, 0.5) is 20.2 Å². The average molecular weight is 2310 g/mol. The zero-order valence-electron chi connectivity index (χ0n) is 63.7. The minimum atomic E-state index is -1.40. The van der Waals surface area contributed by atoms with Crippen LogP contribution >= 0.6 is 121 Å². The molecule has 25 nitrogen and oxygen atoms in total. The van der Waals surface area contributed by atoms with E-state index in [2.05, 4.69) is 212 Å². The fourth-order valence-corrected chi connectivity index (χ4v) is 12.3. The minimum absolute atomic E-state index is 0.108. The summed E-state index contributed by atoms with van der Waals surface area (Å²) in [5.41, 5.74) is 24.2. The first kappa shape index (κ1) is 91.4. The van der Waals surface area contributed by atoms with Gasteiger partial charge >= 0.3 is 57.6 Å². The third-order valence-corrected chi connectivity index (χ3v) is 21.6. The molecule has 3 atom stereocenters. The molecule has 0 saturated carbocycles. The number of benzene rings is 2. The van der Waals surface area contributed by atoms with E-state index in [-0.39, 0.29) is 30.3 Å². The van der Waals surface area contributed by atoms with Gasteiger partial charge in [-0.3, -0.25) is 34.5 Å². The topological polar surface area (TPSA) is 340 Å². The zero-order valence-corrected chi connectivity index (χ0v) is 78.2. The van der Waals surface area contributed by atoms with Gasteiger partial charge in [-0.15, -0.1) is 0 Å². The largest absolute Gasteiger partial charge is 0.490 e. The van der Waals surface area contributed by atoms with Crippen molar-refractivity contribution >= 4 is 202 Å². The summed E-state index contributed by atoms with van der Waals surface area (Å²) < 4.78 is 52.9. The summed E-state index contributed by atoms with van der Waals surface area (Å²) in [5.74, 6) is -0.0313. The van der Waals surface area contributed by atoms with Gasteiger partial charge in [-0.05, 0) is 146 Å². The number of anilines is 2. The molecule has 7 N–H and O–H groups in total. The molecule has 3 unspecified atom stereocenters. The summed E-state index contributed by atoms with van der Waals surface area (Å²) in [4.78, 5) is 64.8. The van der Waals surface area contributed by atoms with Gasteiger partial charge in [0.15, 0.2) is 54.0 Å². The Kier molecular flexibility index (Phi) is 35.4. The molecular weight excluding hydrogens is 2230 g/mol. The van der Waals surface area contributed by atoms with Gasteiger partial charge in [-0.1, -0.05) is 145 Å². The number of H-pyrrole nitrogens is 1. The predicted molar refractivity (Wildman–Crippen MR) is 494 cm³/mol. The van der Waals surface area contributed by atoms with Crippen LogP contribution < -0.4 is 30.2 Å². The second-order valence-electron chi connectivity index (χ2n) is 27.9. The number of hydrogen-bond acceptors (Lipinski definition) is 21. The number of carbonyl (C=O) groups excluding carboxylic acids is 2. The molecule has 3 aliphatic rings. The SMILES string of the molecule is CC(C)(C)I.CC(C)(I)CI.Fc1cccc(-c2cncc3[nH]c(-c4nn(C5CCCCO5)c5ncc(-c6cccnc6)cc45)nc23)c1.I[I-]I.Nc1cncc(-c2cccc(F)c2)c1N.O=Cc1nn(C2CCCCO2)c2ncc(-c3cccnc3)cc12.O=Cc1nn(C2CCCCO2)c2ncc(Br)cc12.OB(O)c1cccnc1. The van der Waals surface area contributed by atoms with Crippen molar-refractivity contribution in [3.8, 4) is 56.0 Å². The van der Waals surface area contributed by atoms with E-state index in [1.165, 1.54) is 41.1 Å². The fourth-order valence-electron chi connectivity index (χ4n) is 12.0. The molecule has 3 saturated heterocycles. The summed E-state index contributed by atoms with van der Waals surface area (Å²) in [6.07, 6.45) is 32.1. The van der Waals surface area contributed by atoms with E-state index < -0.39 is 7.12 Å². The van der Waals surface area contributed by atoms with E-state index in [1.807, 2.05) is 59.5 Å². The molecule has 0 aliphatic carbocycles. The Bertz CT molecular complexity index is 5500. The molecule has 35 heteroatoms. The molecular formula is C81H83BBrF2I6N18O7-. The molecule has 3 fully saturated rings. The third-order valence-electron chi connectivity index (χ3n) is 17.4. The maximum absolute atomic E-state index is 14.0. The van der Waals surface area contributed by atoms with Crippen LogP contribution in [0, 0.1) is 11.6 Å². The Morgan fingerprint density at radius 1 is 0.560 bits per heavy atom. The number of hydrogen-bond donors (Lipinski definition) is 5. The number of imidazole rings is 1. The van der Waals surface area contributed by atoms with Crippen molar-refractivity contribution in [1.29, 1.82) is 0 Å². The molecule has 606 valence electrons. The Morgan fingerprint density at radius 3 is 1.44 bits per heavy atom. The first-order valence-electron chi connectivity index (χ1n) is 36.6. The van der Waals surface area contributed by atoms with Crippen molar-refractivity contribution in [2.24, 2.45) is 0 Å². The van der Waals surface area contributed by atoms with E-state index in [0.29, 0.717) is 100.0 Å². The Balaban J connectivity index is 0.000000156. The van der Waals surface area contributed by atoms with Gasteiger partial charge in [-0.25, -0.2) is 42.8 Å². The molecule has 3 aliphatic heterocycles. The van der Waals surface area contributed by atoms with E-state index in [4.69, 9.17) is 50.8 Å².